The molecule has 11 heteroatoms. The highest BCUT2D eigenvalue weighted by atomic mass is 32.2. The predicted molar refractivity (Wildman–Crippen MR) is 109 cm³/mol. The van der Waals surface area contributed by atoms with E-state index in [1.165, 1.54) is 24.3 Å². The first-order chi connectivity index (χ1) is 14.8. The highest BCUT2D eigenvalue weighted by molar-refractivity contribution is 7.99. The first-order valence-electron chi connectivity index (χ1n) is 9.08. The number of nitrogens with one attached hydrogen (secondary N) is 2. The zero-order chi connectivity index (χ0) is 22.5. The lowest BCUT2D eigenvalue weighted by atomic mass is 10.2. The van der Waals surface area contributed by atoms with Gasteiger partial charge in [-0.2, -0.15) is 0 Å². The molecule has 1 atom stereocenters. The Kier molecular flexibility index (Phi) is 6.95. The number of benzene rings is 2. The lowest BCUT2D eigenvalue weighted by Crippen LogP contribution is -2.29. The third kappa shape index (κ3) is 5.43. The van der Waals surface area contributed by atoms with Crippen LogP contribution in [-0.4, -0.2) is 32.3 Å². The van der Waals surface area contributed by atoms with E-state index in [9.17, 15) is 22.8 Å². The second-order valence-electron chi connectivity index (χ2n) is 6.54. The SMILES string of the molecule is CC(NC(=O)c1ccccc1F)c1nnc(SCC(=O)Nc2ccc(F)c(F)c2)n1C. The second kappa shape index (κ2) is 9.65. The van der Waals surface area contributed by atoms with Gasteiger partial charge < -0.3 is 15.2 Å². The zero-order valence-electron chi connectivity index (χ0n) is 16.5. The number of thioether (sulfide) groups is 1. The maximum atomic E-state index is 13.8. The number of hydrogen-bond acceptors (Lipinski definition) is 5. The zero-order valence-corrected chi connectivity index (χ0v) is 17.3. The van der Waals surface area contributed by atoms with Crippen molar-refractivity contribution < 1.29 is 22.8 Å². The Morgan fingerprint density at radius 3 is 2.52 bits per heavy atom. The van der Waals surface area contributed by atoms with E-state index in [1.807, 2.05) is 0 Å². The predicted octanol–water partition coefficient (Wildman–Crippen LogP) is 3.45. The quantitative estimate of drug-likeness (QED) is 0.540. The van der Waals surface area contributed by atoms with Gasteiger partial charge in [0.1, 0.15) is 5.82 Å². The Labute approximate surface area is 180 Å². The van der Waals surface area contributed by atoms with Crippen molar-refractivity contribution in [2.24, 2.45) is 7.05 Å². The standard InChI is InChI=1S/C20H18F3N5O2S/c1-11(24-19(30)13-5-3-4-6-14(13)21)18-26-27-20(28(18)2)31-10-17(29)25-12-7-8-15(22)16(23)9-12/h3-9,11H,10H2,1-2H3,(H,24,30)(H,25,29). The number of aromatic nitrogens is 3. The van der Waals surface area contributed by atoms with Crippen LogP contribution in [0, 0.1) is 17.5 Å². The van der Waals surface area contributed by atoms with Crippen molar-refractivity contribution in [3.63, 3.8) is 0 Å². The van der Waals surface area contributed by atoms with Crippen molar-refractivity contribution in [2.75, 3.05) is 11.1 Å². The molecule has 0 aliphatic rings. The summed E-state index contributed by atoms with van der Waals surface area (Å²) < 4.78 is 41.6. The molecule has 0 bridgehead atoms. The Hall–Kier alpha value is -3.34. The number of carbonyl (C=O) groups excluding carboxylic acids is 2. The molecule has 0 saturated carbocycles. The normalized spacial score (nSPS) is 11.8. The van der Waals surface area contributed by atoms with E-state index in [2.05, 4.69) is 20.8 Å². The molecule has 1 aromatic heterocycles. The fraction of sp³-hybridized carbons (Fsp3) is 0.200. The summed E-state index contributed by atoms with van der Waals surface area (Å²) in [4.78, 5) is 24.4. The van der Waals surface area contributed by atoms with Crippen LogP contribution in [0.1, 0.15) is 29.1 Å². The average molecular weight is 449 g/mol. The average Bonchev–Trinajstić information content (AvgIpc) is 3.10. The molecule has 31 heavy (non-hydrogen) atoms. The largest absolute Gasteiger partial charge is 0.342 e. The first kappa shape index (κ1) is 22.3. The van der Waals surface area contributed by atoms with Crippen molar-refractivity contribution in [1.82, 2.24) is 20.1 Å². The molecular formula is C20H18F3N5O2S. The molecular weight excluding hydrogens is 431 g/mol. The lowest BCUT2D eigenvalue weighted by molar-refractivity contribution is -0.113. The van der Waals surface area contributed by atoms with Crippen LogP contribution in [-0.2, 0) is 11.8 Å². The van der Waals surface area contributed by atoms with Crippen LogP contribution in [0.3, 0.4) is 0 Å². The number of rotatable bonds is 7. The van der Waals surface area contributed by atoms with Crippen molar-refractivity contribution in [2.45, 2.75) is 18.1 Å². The number of anilines is 1. The number of halogens is 3. The number of carbonyl (C=O) groups is 2. The third-order valence-electron chi connectivity index (χ3n) is 4.26. The van der Waals surface area contributed by atoms with E-state index >= 15 is 0 Å². The Bertz CT molecular complexity index is 1120. The van der Waals surface area contributed by atoms with Gasteiger partial charge in [-0.15, -0.1) is 10.2 Å². The van der Waals surface area contributed by atoms with Gasteiger partial charge in [-0.05, 0) is 31.2 Å². The molecule has 3 aromatic rings. The monoisotopic (exact) mass is 449 g/mol. The molecule has 0 aliphatic carbocycles. The highest BCUT2D eigenvalue weighted by Crippen LogP contribution is 2.20. The molecule has 0 radical (unpaired) electrons. The van der Waals surface area contributed by atoms with E-state index in [-0.39, 0.29) is 17.0 Å². The van der Waals surface area contributed by atoms with E-state index < -0.39 is 35.3 Å². The number of amides is 2. The van der Waals surface area contributed by atoms with Crippen LogP contribution in [0.4, 0.5) is 18.9 Å². The van der Waals surface area contributed by atoms with Crippen LogP contribution in [0.5, 0.6) is 0 Å². The molecule has 2 aromatic carbocycles. The van der Waals surface area contributed by atoms with Crippen molar-refractivity contribution in [3.8, 4) is 0 Å². The van der Waals surface area contributed by atoms with Crippen LogP contribution in [0.25, 0.3) is 0 Å². The summed E-state index contributed by atoms with van der Waals surface area (Å²) in [6, 6.07) is 8.11. The van der Waals surface area contributed by atoms with Crippen LogP contribution in [0.15, 0.2) is 47.6 Å². The minimum atomic E-state index is -1.06. The van der Waals surface area contributed by atoms with Gasteiger partial charge in [-0.1, -0.05) is 23.9 Å². The lowest BCUT2D eigenvalue weighted by Gasteiger charge is -2.14. The fourth-order valence-electron chi connectivity index (χ4n) is 2.71. The van der Waals surface area contributed by atoms with Crippen LogP contribution < -0.4 is 10.6 Å². The summed E-state index contributed by atoms with van der Waals surface area (Å²) in [5.74, 6) is -3.37. The first-order valence-corrected chi connectivity index (χ1v) is 10.1. The molecule has 1 unspecified atom stereocenters. The van der Waals surface area contributed by atoms with E-state index in [4.69, 9.17) is 0 Å². The number of nitrogens with zero attached hydrogens (tertiary/aromatic N) is 3. The Morgan fingerprint density at radius 1 is 1.06 bits per heavy atom. The molecule has 1 heterocycles. The van der Waals surface area contributed by atoms with E-state index in [0.717, 1.165) is 23.9 Å². The summed E-state index contributed by atoms with van der Waals surface area (Å²) >= 11 is 1.07. The topological polar surface area (TPSA) is 88.9 Å². The van der Waals surface area contributed by atoms with Crippen molar-refractivity contribution in [1.29, 1.82) is 0 Å². The van der Waals surface area contributed by atoms with Gasteiger partial charge in [-0.3, -0.25) is 9.59 Å². The summed E-state index contributed by atoms with van der Waals surface area (Å²) in [6.07, 6.45) is 0. The summed E-state index contributed by atoms with van der Waals surface area (Å²) in [5.41, 5.74) is 0.0488. The smallest absolute Gasteiger partial charge is 0.254 e. The summed E-state index contributed by atoms with van der Waals surface area (Å²) in [7, 11) is 1.66. The summed E-state index contributed by atoms with van der Waals surface area (Å²) in [5, 5.41) is 13.6. The molecule has 0 fully saturated rings. The molecule has 3 rings (SSSR count). The van der Waals surface area contributed by atoms with Gasteiger partial charge in [0.15, 0.2) is 22.6 Å². The Morgan fingerprint density at radius 2 is 1.81 bits per heavy atom. The minimum absolute atomic E-state index is 0.0546. The van der Waals surface area contributed by atoms with Crippen LogP contribution in [0.2, 0.25) is 0 Å². The molecule has 7 nitrogen and oxygen atoms in total. The van der Waals surface area contributed by atoms with Gasteiger partial charge in [0.25, 0.3) is 5.91 Å². The van der Waals surface area contributed by atoms with Crippen LogP contribution >= 0.6 is 11.8 Å². The molecule has 162 valence electrons. The van der Waals surface area contributed by atoms with Crippen molar-refractivity contribution in [3.05, 3.63) is 71.3 Å². The van der Waals surface area contributed by atoms with Gasteiger partial charge in [0, 0.05) is 18.8 Å². The molecule has 2 N–H and O–H groups in total. The van der Waals surface area contributed by atoms with Crippen molar-refractivity contribution >= 4 is 29.3 Å². The molecule has 2 amide bonds. The minimum Gasteiger partial charge on any atom is -0.342 e. The maximum absolute atomic E-state index is 13.8. The highest BCUT2D eigenvalue weighted by Gasteiger charge is 2.20. The molecule has 0 aliphatic heterocycles. The number of hydrogen-bond donors (Lipinski definition) is 2. The van der Waals surface area contributed by atoms with E-state index in [1.54, 1.807) is 24.6 Å². The Balaban J connectivity index is 1.59. The molecule has 0 spiro atoms. The third-order valence-corrected chi connectivity index (χ3v) is 5.28. The summed E-state index contributed by atoms with van der Waals surface area (Å²) in [6.45, 7) is 1.67. The maximum Gasteiger partial charge on any atom is 0.254 e. The van der Waals surface area contributed by atoms with Gasteiger partial charge >= 0.3 is 0 Å². The van der Waals surface area contributed by atoms with E-state index in [0.29, 0.717) is 11.0 Å². The second-order valence-corrected chi connectivity index (χ2v) is 7.48. The van der Waals surface area contributed by atoms with Gasteiger partial charge in [0.2, 0.25) is 5.91 Å². The van der Waals surface area contributed by atoms with Gasteiger partial charge in [-0.25, -0.2) is 13.2 Å². The fourth-order valence-corrected chi connectivity index (χ4v) is 3.43. The van der Waals surface area contributed by atoms with Gasteiger partial charge in [0.05, 0.1) is 17.4 Å². The molecule has 0 saturated heterocycles.